The molecule has 0 aromatic heterocycles. The number of aliphatic imine (C=N–C) groups is 1. The number of sulfonamides is 1. The molecule has 0 aliphatic carbocycles. The average molecular weight is 361 g/mol. The van der Waals surface area contributed by atoms with Crippen LogP contribution in [0.25, 0.3) is 0 Å². The molecule has 0 fully saturated rings. The van der Waals surface area contributed by atoms with Crippen molar-refractivity contribution in [2.75, 3.05) is 7.11 Å². The van der Waals surface area contributed by atoms with Gasteiger partial charge < -0.3 is 10.5 Å². The Labute approximate surface area is 148 Å². The Bertz CT molecular complexity index is 892. The highest BCUT2D eigenvalue weighted by molar-refractivity contribution is 7.90. The molecule has 7 heteroatoms. The van der Waals surface area contributed by atoms with Gasteiger partial charge in [0.2, 0.25) is 5.96 Å². The SMILES string of the molecule is COc1cc(C)c(S(=O)(=O)NC(N)=NCc2ccccc2)c(C)c1C. The number of methoxy groups -OCH3 is 1. The zero-order valence-electron chi connectivity index (χ0n) is 14.8. The van der Waals surface area contributed by atoms with Crippen LogP contribution in [-0.4, -0.2) is 21.5 Å². The molecule has 134 valence electrons. The predicted molar refractivity (Wildman–Crippen MR) is 99.3 cm³/mol. The fourth-order valence-corrected chi connectivity index (χ4v) is 4.11. The van der Waals surface area contributed by atoms with Crippen molar-refractivity contribution in [3.05, 3.63) is 58.7 Å². The lowest BCUT2D eigenvalue weighted by molar-refractivity contribution is 0.410. The highest BCUT2D eigenvalue weighted by Gasteiger charge is 2.23. The molecule has 0 atom stereocenters. The Hall–Kier alpha value is -2.54. The van der Waals surface area contributed by atoms with Crippen LogP contribution < -0.4 is 15.2 Å². The third-order valence-electron chi connectivity index (χ3n) is 3.98. The van der Waals surface area contributed by atoms with Crippen molar-refractivity contribution < 1.29 is 13.2 Å². The summed E-state index contributed by atoms with van der Waals surface area (Å²) in [6.45, 7) is 5.59. The summed E-state index contributed by atoms with van der Waals surface area (Å²) in [5, 5.41) is 0. The quantitative estimate of drug-likeness (QED) is 0.632. The standard InChI is InChI=1S/C18H23N3O3S/c1-12-10-16(24-4)13(2)14(3)17(12)25(22,23)21-18(19)20-11-15-8-6-5-7-9-15/h5-10H,11H2,1-4H3,(H3,19,20,21). The van der Waals surface area contributed by atoms with Gasteiger partial charge in [-0.3, -0.25) is 0 Å². The van der Waals surface area contributed by atoms with E-state index in [-0.39, 0.29) is 10.9 Å². The maximum atomic E-state index is 12.7. The van der Waals surface area contributed by atoms with Crippen LogP contribution >= 0.6 is 0 Å². The normalized spacial score (nSPS) is 12.1. The van der Waals surface area contributed by atoms with Gasteiger partial charge in [-0.05, 0) is 49.1 Å². The topological polar surface area (TPSA) is 93.8 Å². The van der Waals surface area contributed by atoms with Crippen LogP contribution in [0.2, 0.25) is 0 Å². The van der Waals surface area contributed by atoms with Crippen molar-refractivity contribution in [3.8, 4) is 5.75 Å². The molecule has 0 unspecified atom stereocenters. The van der Waals surface area contributed by atoms with Gasteiger partial charge in [0.25, 0.3) is 10.0 Å². The van der Waals surface area contributed by atoms with E-state index in [1.165, 1.54) is 0 Å². The van der Waals surface area contributed by atoms with Crippen LogP contribution in [0, 0.1) is 20.8 Å². The smallest absolute Gasteiger partial charge is 0.264 e. The van der Waals surface area contributed by atoms with E-state index < -0.39 is 10.0 Å². The van der Waals surface area contributed by atoms with E-state index in [2.05, 4.69) is 9.71 Å². The zero-order chi connectivity index (χ0) is 18.6. The van der Waals surface area contributed by atoms with Crippen LogP contribution in [-0.2, 0) is 16.6 Å². The predicted octanol–water partition coefficient (Wildman–Crippen LogP) is 2.41. The lowest BCUT2D eigenvalue weighted by atomic mass is 10.1. The number of guanidine groups is 1. The number of nitrogens with zero attached hydrogens (tertiary/aromatic N) is 1. The van der Waals surface area contributed by atoms with Crippen LogP contribution in [0.15, 0.2) is 46.3 Å². The molecule has 0 saturated heterocycles. The second kappa shape index (κ2) is 7.57. The van der Waals surface area contributed by atoms with Gasteiger partial charge in [0.1, 0.15) is 5.75 Å². The van der Waals surface area contributed by atoms with Crippen LogP contribution in [0.1, 0.15) is 22.3 Å². The largest absolute Gasteiger partial charge is 0.496 e. The van der Waals surface area contributed by atoms with Gasteiger partial charge in [-0.1, -0.05) is 30.3 Å². The van der Waals surface area contributed by atoms with Gasteiger partial charge in [-0.2, -0.15) is 0 Å². The Balaban J connectivity index is 2.29. The van der Waals surface area contributed by atoms with Gasteiger partial charge in [0.05, 0.1) is 18.6 Å². The highest BCUT2D eigenvalue weighted by atomic mass is 32.2. The number of hydrogen-bond donors (Lipinski definition) is 2. The van der Waals surface area contributed by atoms with Crippen LogP contribution in [0.3, 0.4) is 0 Å². The summed E-state index contributed by atoms with van der Waals surface area (Å²) in [5.74, 6) is 0.510. The van der Waals surface area contributed by atoms with E-state index >= 15 is 0 Å². The molecule has 0 saturated carbocycles. The first-order valence-corrected chi connectivity index (χ1v) is 9.26. The minimum atomic E-state index is -3.83. The van der Waals surface area contributed by atoms with Gasteiger partial charge in [-0.15, -0.1) is 0 Å². The number of ether oxygens (including phenoxy) is 1. The maximum absolute atomic E-state index is 12.7. The summed E-state index contributed by atoms with van der Waals surface area (Å²) < 4.78 is 33.1. The fourth-order valence-electron chi connectivity index (χ4n) is 2.63. The molecule has 25 heavy (non-hydrogen) atoms. The second-order valence-corrected chi connectivity index (χ2v) is 7.39. The fraction of sp³-hybridized carbons (Fsp3) is 0.278. The third-order valence-corrected chi connectivity index (χ3v) is 5.62. The molecule has 0 aliphatic rings. The Morgan fingerprint density at radius 1 is 1.16 bits per heavy atom. The van der Waals surface area contributed by atoms with Crippen molar-refractivity contribution in [1.82, 2.24) is 4.72 Å². The number of benzene rings is 2. The van der Waals surface area contributed by atoms with E-state index in [9.17, 15) is 8.42 Å². The van der Waals surface area contributed by atoms with Crippen molar-refractivity contribution in [3.63, 3.8) is 0 Å². The first-order valence-electron chi connectivity index (χ1n) is 7.77. The number of nitrogens with two attached hydrogens (primary N) is 1. The molecule has 0 aliphatic heterocycles. The van der Waals surface area contributed by atoms with E-state index in [0.29, 0.717) is 23.4 Å². The summed E-state index contributed by atoms with van der Waals surface area (Å²) in [5.41, 5.74) is 8.70. The monoisotopic (exact) mass is 361 g/mol. The summed E-state index contributed by atoms with van der Waals surface area (Å²) in [4.78, 5) is 4.30. The van der Waals surface area contributed by atoms with E-state index in [1.54, 1.807) is 27.0 Å². The third kappa shape index (κ3) is 4.30. The molecule has 0 radical (unpaired) electrons. The number of rotatable bonds is 5. The first-order chi connectivity index (χ1) is 11.8. The van der Waals surface area contributed by atoms with Crippen molar-refractivity contribution in [2.45, 2.75) is 32.2 Å². The molecule has 2 rings (SSSR count). The maximum Gasteiger partial charge on any atom is 0.264 e. The Morgan fingerprint density at radius 3 is 2.40 bits per heavy atom. The molecular weight excluding hydrogens is 338 g/mol. The Kier molecular flexibility index (Phi) is 5.69. The van der Waals surface area contributed by atoms with Crippen molar-refractivity contribution in [1.29, 1.82) is 0 Å². The Morgan fingerprint density at radius 2 is 1.80 bits per heavy atom. The first kappa shape index (κ1) is 18.8. The minimum absolute atomic E-state index is 0.142. The van der Waals surface area contributed by atoms with E-state index in [4.69, 9.17) is 10.5 Å². The van der Waals surface area contributed by atoms with E-state index in [0.717, 1.165) is 11.1 Å². The van der Waals surface area contributed by atoms with Gasteiger partial charge in [-0.25, -0.2) is 18.1 Å². The molecule has 6 nitrogen and oxygen atoms in total. The number of aryl methyl sites for hydroxylation is 1. The van der Waals surface area contributed by atoms with Crippen molar-refractivity contribution in [2.24, 2.45) is 10.7 Å². The lowest BCUT2D eigenvalue weighted by Gasteiger charge is -2.16. The molecule has 2 aromatic rings. The second-order valence-electron chi connectivity index (χ2n) is 5.77. The molecule has 0 heterocycles. The molecule has 0 bridgehead atoms. The van der Waals surface area contributed by atoms with Gasteiger partial charge in [0, 0.05) is 0 Å². The van der Waals surface area contributed by atoms with E-state index in [1.807, 2.05) is 37.3 Å². The lowest BCUT2D eigenvalue weighted by Crippen LogP contribution is -2.37. The molecular formula is C18H23N3O3S. The van der Waals surface area contributed by atoms with Crippen LogP contribution in [0.4, 0.5) is 0 Å². The summed E-state index contributed by atoms with van der Waals surface area (Å²) in [7, 11) is -2.28. The number of hydrogen-bond acceptors (Lipinski definition) is 4. The summed E-state index contributed by atoms with van der Waals surface area (Å²) >= 11 is 0. The summed E-state index contributed by atoms with van der Waals surface area (Å²) in [6, 6.07) is 11.2. The minimum Gasteiger partial charge on any atom is -0.496 e. The molecule has 0 spiro atoms. The molecule has 2 aromatic carbocycles. The van der Waals surface area contributed by atoms with Crippen LogP contribution in [0.5, 0.6) is 5.75 Å². The molecule has 0 amide bonds. The summed E-state index contributed by atoms with van der Waals surface area (Å²) in [6.07, 6.45) is 0. The zero-order valence-corrected chi connectivity index (χ0v) is 15.6. The van der Waals surface area contributed by atoms with Gasteiger partial charge in [0.15, 0.2) is 0 Å². The molecule has 3 N–H and O–H groups in total. The highest BCUT2D eigenvalue weighted by Crippen LogP contribution is 2.30. The van der Waals surface area contributed by atoms with Gasteiger partial charge >= 0.3 is 0 Å². The average Bonchev–Trinajstić information content (AvgIpc) is 2.56. The van der Waals surface area contributed by atoms with Crippen molar-refractivity contribution >= 4 is 16.0 Å². The number of nitrogens with one attached hydrogen (secondary N) is 1.